The lowest BCUT2D eigenvalue weighted by atomic mass is 10.1. The van der Waals surface area contributed by atoms with Gasteiger partial charge in [-0.2, -0.15) is 10.5 Å². The molecule has 0 saturated carbocycles. The van der Waals surface area contributed by atoms with Gasteiger partial charge in [0, 0.05) is 18.4 Å². The van der Waals surface area contributed by atoms with Crippen LogP contribution in [-0.2, 0) is 6.54 Å². The van der Waals surface area contributed by atoms with Crippen LogP contribution in [0.2, 0.25) is 0 Å². The number of para-hydroxylation sites is 1. The Kier molecular flexibility index (Phi) is 3.59. The van der Waals surface area contributed by atoms with Crippen LogP contribution in [0.4, 0.5) is 0 Å². The largest absolute Gasteiger partial charge is 0.448 e. The first-order valence-corrected chi connectivity index (χ1v) is 6.88. The van der Waals surface area contributed by atoms with Crippen LogP contribution in [-0.4, -0.2) is 9.55 Å². The van der Waals surface area contributed by atoms with Crippen molar-refractivity contribution in [3.05, 3.63) is 40.9 Å². The zero-order valence-electron chi connectivity index (χ0n) is 11.7. The average molecular weight is 292 g/mol. The first kappa shape index (κ1) is 13.8. The lowest BCUT2D eigenvalue weighted by Crippen LogP contribution is -2.23. The number of benzene rings is 1. The standard InChI is InChI=1S/C16H12N4O2/c17-7-3-4-11(8-18)9-20-10-19-14-12-5-1-2-6-13(12)22-15(14)16(20)21/h1-2,5-6,10-11H,3-4,9H2/t11-/m0/s1. The molecular formula is C16H12N4O2. The zero-order valence-corrected chi connectivity index (χ0v) is 11.7. The molecule has 0 radical (unpaired) electrons. The van der Waals surface area contributed by atoms with Crippen molar-refractivity contribution in [2.75, 3.05) is 0 Å². The quantitative estimate of drug-likeness (QED) is 0.736. The summed E-state index contributed by atoms with van der Waals surface area (Å²) in [6.07, 6.45) is 2.15. The first-order chi connectivity index (χ1) is 10.7. The van der Waals surface area contributed by atoms with E-state index in [1.54, 1.807) is 6.07 Å². The number of fused-ring (bicyclic) bond motifs is 3. The summed E-state index contributed by atoms with van der Waals surface area (Å²) in [5, 5.41) is 18.5. The molecular weight excluding hydrogens is 280 g/mol. The van der Waals surface area contributed by atoms with Gasteiger partial charge in [-0.15, -0.1) is 0 Å². The fourth-order valence-corrected chi connectivity index (χ4v) is 2.42. The smallest absolute Gasteiger partial charge is 0.297 e. The summed E-state index contributed by atoms with van der Waals surface area (Å²) in [6.45, 7) is 0.205. The first-order valence-electron chi connectivity index (χ1n) is 6.88. The van der Waals surface area contributed by atoms with Gasteiger partial charge >= 0.3 is 0 Å². The van der Waals surface area contributed by atoms with Crippen LogP contribution in [0.3, 0.4) is 0 Å². The van der Waals surface area contributed by atoms with Crippen molar-refractivity contribution in [1.29, 1.82) is 10.5 Å². The highest BCUT2D eigenvalue weighted by Crippen LogP contribution is 2.24. The van der Waals surface area contributed by atoms with E-state index < -0.39 is 5.92 Å². The minimum Gasteiger partial charge on any atom is -0.448 e. The number of furan rings is 1. The molecule has 0 aliphatic rings. The van der Waals surface area contributed by atoms with Gasteiger partial charge in [-0.1, -0.05) is 12.1 Å². The van der Waals surface area contributed by atoms with E-state index in [9.17, 15) is 4.79 Å². The van der Waals surface area contributed by atoms with Crippen molar-refractivity contribution >= 4 is 22.1 Å². The maximum atomic E-state index is 12.5. The Labute approximate surface area is 125 Å². The number of aromatic nitrogens is 2. The minimum absolute atomic E-state index is 0.195. The van der Waals surface area contributed by atoms with Crippen molar-refractivity contribution in [3.63, 3.8) is 0 Å². The minimum atomic E-state index is -0.402. The Morgan fingerprint density at radius 2 is 2.14 bits per heavy atom. The van der Waals surface area contributed by atoms with Gasteiger partial charge in [0.15, 0.2) is 0 Å². The van der Waals surface area contributed by atoms with Crippen LogP contribution in [0.5, 0.6) is 0 Å². The predicted octanol–water partition coefficient (Wildman–Crippen LogP) is 2.59. The highest BCUT2D eigenvalue weighted by Gasteiger charge is 2.15. The number of nitrogens with zero attached hydrogens (tertiary/aromatic N) is 4. The molecule has 0 aliphatic carbocycles. The molecule has 0 saturated heterocycles. The van der Waals surface area contributed by atoms with Crippen molar-refractivity contribution < 1.29 is 4.42 Å². The Morgan fingerprint density at radius 1 is 1.32 bits per heavy atom. The number of rotatable bonds is 4. The maximum absolute atomic E-state index is 12.5. The van der Waals surface area contributed by atoms with E-state index in [1.165, 1.54) is 10.9 Å². The second-order valence-electron chi connectivity index (χ2n) is 5.00. The summed E-state index contributed by atoms with van der Waals surface area (Å²) in [6, 6.07) is 11.4. The van der Waals surface area contributed by atoms with Gasteiger partial charge in [0.25, 0.3) is 5.56 Å². The van der Waals surface area contributed by atoms with Crippen molar-refractivity contribution in [2.24, 2.45) is 5.92 Å². The van der Waals surface area contributed by atoms with Gasteiger partial charge in [-0.3, -0.25) is 9.36 Å². The molecule has 1 aromatic carbocycles. The molecule has 0 N–H and O–H groups in total. The van der Waals surface area contributed by atoms with E-state index in [4.69, 9.17) is 14.9 Å². The van der Waals surface area contributed by atoms with E-state index in [0.717, 1.165) is 5.39 Å². The number of hydrogen-bond donors (Lipinski definition) is 0. The van der Waals surface area contributed by atoms with Gasteiger partial charge in [0.1, 0.15) is 11.1 Å². The summed E-state index contributed by atoms with van der Waals surface area (Å²) in [5.74, 6) is -0.402. The summed E-state index contributed by atoms with van der Waals surface area (Å²) in [5.41, 5.74) is 1.03. The summed E-state index contributed by atoms with van der Waals surface area (Å²) in [7, 11) is 0. The Bertz CT molecular complexity index is 972. The summed E-state index contributed by atoms with van der Waals surface area (Å²) < 4.78 is 6.96. The van der Waals surface area contributed by atoms with Crippen molar-refractivity contribution in [1.82, 2.24) is 9.55 Å². The molecule has 0 fully saturated rings. The monoisotopic (exact) mass is 292 g/mol. The van der Waals surface area contributed by atoms with Crippen LogP contribution < -0.4 is 5.56 Å². The lowest BCUT2D eigenvalue weighted by Gasteiger charge is -2.08. The van der Waals surface area contributed by atoms with Crippen molar-refractivity contribution in [3.8, 4) is 12.1 Å². The molecule has 0 spiro atoms. The average Bonchev–Trinajstić information content (AvgIpc) is 2.93. The zero-order chi connectivity index (χ0) is 15.5. The lowest BCUT2D eigenvalue weighted by molar-refractivity contribution is 0.494. The molecule has 22 heavy (non-hydrogen) atoms. The molecule has 0 bridgehead atoms. The number of nitriles is 2. The fourth-order valence-electron chi connectivity index (χ4n) is 2.42. The highest BCUT2D eigenvalue weighted by molar-refractivity contribution is 6.01. The van der Waals surface area contributed by atoms with Gasteiger partial charge in [-0.05, 0) is 18.6 Å². The number of hydrogen-bond acceptors (Lipinski definition) is 5. The van der Waals surface area contributed by atoms with E-state index in [1.807, 2.05) is 24.3 Å². The molecule has 3 rings (SSSR count). The molecule has 108 valence electrons. The van der Waals surface area contributed by atoms with Crippen LogP contribution in [0.1, 0.15) is 12.8 Å². The second kappa shape index (κ2) is 5.71. The molecule has 6 nitrogen and oxygen atoms in total. The van der Waals surface area contributed by atoms with Crippen LogP contribution >= 0.6 is 0 Å². The third-order valence-electron chi connectivity index (χ3n) is 3.55. The molecule has 1 atom stereocenters. The molecule has 2 heterocycles. The molecule has 0 unspecified atom stereocenters. The molecule has 0 aliphatic heterocycles. The molecule has 6 heteroatoms. The second-order valence-corrected chi connectivity index (χ2v) is 5.00. The summed E-state index contributed by atoms with van der Waals surface area (Å²) >= 11 is 0. The van der Waals surface area contributed by atoms with Gasteiger partial charge in [-0.25, -0.2) is 4.98 Å². The third kappa shape index (κ3) is 2.32. The third-order valence-corrected chi connectivity index (χ3v) is 3.55. The van der Waals surface area contributed by atoms with E-state index in [-0.39, 0.29) is 24.1 Å². The van der Waals surface area contributed by atoms with E-state index in [2.05, 4.69) is 11.1 Å². The van der Waals surface area contributed by atoms with Gasteiger partial charge in [0.2, 0.25) is 5.58 Å². The van der Waals surface area contributed by atoms with Crippen LogP contribution in [0.15, 0.2) is 39.8 Å². The van der Waals surface area contributed by atoms with Gasteiger partial charge < -0.3 is 4.42 Å². The Morgan fingerprint density at radius 3 is 2.91 bits per heavy atom. The van der Waals surface area contributed by atoms with Gasteiger partial charge in [0.05, 0.1) is 24.4 Å². The van der Waals surface area contributed by atoms with Crippen LogP contribution in [0.25, 0.3) is 22.1 Å². The molecule has 2 aromatic heterocycles. The molecule has 3 aromatic rings. The SMILES string of the molecule is N#CCC[C@@H](C#N)Cn1cnc2c(oc3ccccc32)c1=O. The molecule has 0 amide bonds. The topological polar surface area (TPSA) is 95.6 Å². The van der Waals surface area contributed by atoms with E-state index in [0.29, 0.717) is 17.5 Å². The Hall–Kier alpha value is -3.12. The van der Waals surface area contributed by atoms with Crippen LogP contribution in [0, 0.1) is 28.6 Å². The van der Waals surface area contributed by atoms with Crippen molar-refractivity contribution in [2.45, 2.75) is 19.4 Å². The summed E-state index contributed by atoms with van der Waals surface area (Å²) in [4.78, 5) is 16.8. The maximum Gasteiger partial charge on any atom is 0.297 e. The van der Waals surface area contributed by atoms with E-state index >= 15 is 0 Å². The highest BCUT2D eigenvalue weighted by atomic mass is 16.3. The predicted molar refractivity (Wildman–Crippen MR) is 79.7 cm³/mol. The Balaban J connectivity index is 2.04. The normalized spacial score (nSPS) is 12.1. The fraction of sp³-hybridized carbons (Fsp3) is 0.250.